The van der Waals surface area contributed by atoms with E-state index in [9.17, 15) is 13.2 Å². The number of hydrogen-bond acceptors (Lipinski definition) is 5. The van der Waals surface area contributed by atoms with Crippen molar-refractivity contribution in [1.82, 2.24) is 4.31 Å². The first kappa shape index (κ1) is 20.1. The van der Waals surface area contributed by atoms with Gasteiger partial charge in [-0.25, -0.2) is 12.7 Å². The number of hydrogen-bond donors (Lipinski definition) is 0. The molecule has 0 aromatic heterocycles. The maximum absolute atomic E-state index is 13.1. The van der Waals surface area contributed by atoms with Crippen LogP contribution in [0, 0.1) is 5.92 Å². The second-order valence-corrected chi connectivity index (χ2v) is 10.4. The summed E-state index contributed by atoms with van der Waals surface area (Å²) in [4.78, 5) is 13.2. The molecule has 0 amide bonds. The molecule has 0 N–H and O–H groups in total. The topological polar surface area (TPSA) is 66.9 Å². The van der Waals surface area contributed by atoms with Crippen LogP contribution in [0.25, 0.3) is 0 Å². The van der Waals surface area contributed by atoms with Gasteiger partial charge in [-0.1, -0.05) is 6.07 Å². The Morgan fingerprint density at radius 2 is 1.93 bits per heavy atom. The van der Waals surface area contributed by atoms with Gasteiger partial charge in [0.15, 0.2) is 0 Å². The lowest BCUT2D eigenvalue weighted by atomic mass is 9.80. The fraction of sp³-hybridized carbons (Fsp3) is 0.650. The predicted molar refractivity (Wildman–Crippen MR) is 107 cm³/mol. The van der Waals surface area contributed by atoms with E-state index in [1.54, 1.807) is 11.4 Å². The van der Waals surface area contributed by atoms with Crippen LogP contribution in [0.1, 0.15) is 44.6 Å². The number of carbonyl (C=O) groups excluding carboxylic acids is 1. The van der Waals surface area contributed by atoms with Gasteiger partial charge in [-0.2, -0.15) is 0 Å². The molecule has 1 fully saturated rings. The molecule has 27 heavy (non-hydrogen) atoms. The number of aldehydes is 1. The van der Waals surface area contributed by atoms with Gasteiger partial charge in [0, 0.05) is 49.3 Å². The minimum atomic E-state index is -3.37. The molecule has 0 radical (unpaired) electrons. The summed E-state index contributed by atoms with van der Waals surface area (Å²) in [6.45, 7) is 5.17. The number of piperidine rings is 1. The molecule has 0 saturated carbocycles. The lowest BCUT2D eigenvalue weighted by molar-refractivity contribution is -0.112. The van der Waals surface area contributed by atoms with E-state index in [0.717, 1.165) is 29.7 Å². The fourth-order valence-electron chi connectivity index (χ4n) is 4.26. The molecule has 6 nitrogen and oxygen atoms in total. The maximum Gasteiger partial charge on any atom is 0.214 e. The highest BCUT2D eigenvalue weighted by Crippen LogP contribution is 2.44. The number of ether oxygens (including phenoxy) is 1. The molecular weight excluding hydrogens is 364 g/mol. The summed E-state index contributed by atoms with van der Waals surface area (Å²) in [5.41, 5.74) is 1.94. The van der Waals surface area contributed by atoms with Gasteiger partial charge < -0.3 is 14.4 Å². The molecule has 1 unspecified atom stereocenters. The Morgan fingerprint density at radius 1 is 1.26 bits per heavy atom. The Labute approximate surface area is 162 Å². The predicted octanol–water partition coefficient (Wildman–Crippen LogP) is 2.64. The zero-order chi connectivity index (χ0) is 19.8. The molecule has 1 aromatic carbocycles. The van der Waals surface area contributed by atoms with Crippen LogP contribution < -0.4 is 9.64 Å². The zero-order valence-corrected chi connectivity index (χ0v) is 17.5. The summed E-state index contributed by atoms with van der Waals surface area (Å²) in [5.74, 6) is 0.809. The Bertz CT molecular complexity index is 798. The van der Waals surface area contributed by atoms with Gasteiger partial charge in [-0.15, -0.1) is 0 Å². The highest BCUT2D eigenvalue weighted by atomic mass is 32.2. The van der Waals surface area contributed by atoms with Crippen LogP contribution in [0.3, 0.4) is 0 Å². The smallest absolute Gasteiger partial charge is 0.214 e. The van der Waals surface area contributed by atoms with Crippen LogP contribution in [0.4, 0.5) is 5.69 Å². The minimum Gasteiger partial charge on any atom is -0.497 e. The first-order valence-electron chi connectivity index (χ1n) is 9.53. The summed E-state index contributed by atoms with van der Waals surface area (Å²) in [6.07, 6.45) is 2.96. The molecule has 3 rings (SSSR count). The fourth-order valence-corrected chi connectivity index (χ4v) is 6.04. The number of anilines is 1. The third-order valence-corrected chi connectivity index (χ3v) is 8.16. The minimum absolute atomic E-state index is 0.00750. The standard InChI is InChI=1S/C20H30N2O4S/c1-20(2)12-16(18-6-5-17(26-4)11-19(18)21(20)3)14-27(24,25)22-9-7-15(13-23)8-10-22/h5-6,11,13,15-16H,7-10,12,14H2,1-4H3. The highest BCUT2D eigenvalue weighted by Gasteiger charge is 2.39. The SMILES string of the molecule is COc1ccc2c(c1)N(C)C(C)(C)CC2CS(=O)(=O)N1CCC(C=O)CC1. The third-order valence-electron chi connectivity index (χ3n) is 6.19. The van der Waals surface area contributed by atoms with Gasteiger partial charge in [0.05, 0.1) is 12.9 Å². The van der Waals surface area contributed by atoms with Crippen molar-refractivity contribution in [2.24, 2.45) is 5.92 Å². The van der Waals surface area contributed by atoms with Crippen molar-refractivity contribution >= 4 is 22.0 Å². The molecule has 1 saturated heterocycles. The number of sulfonamides is 1. The largest absolute Gasteiger partial charge is 0.497 e. The molecule has 2 heterocycles. The van der Waals surface area contributed by atoms with E-state index in [-0.39, 0.29) is 23.1 Å². The Hall–Kier alpha value is -1.60. The lowest BCUT2D eigenvalue weighted by Crippen LogP contribution is -2.48. The van der Waals surface area contributed by atoms with Crippen LogP contribution in [-0.4, -0.2) is 57.5 Å². The van der Waals surface area contributed by atoms with Crippen LogP contribution in [0.5, 0.6) is 5.75 Å². The number of carbonyl (C=O) groups is 1. The van der Waals surface area contributed by atoms with Crippen LogP contribution in [-0.2, 0) is 14.8 Å². The van der Waals surface area contributed by atoms with Crippen molar-refractivity contribution < 1.29 is 17.9 Å². The second-order valence-electron chi connectivity index (χ2n) is 8.35. The van der Waals surface area contributed by atoms with Crippen molar-refractivity contribution in [2.75, 3.05) is 37.9 Å². The van der Waals surface area contributed by atoms with Crippen molar-refractivity contribution in [1.29, 1.82) is 0 Å². The summed E-state index contributed by atoms with van der Waals surface area (Å²) in [5, 5.41) is 0. The van der Waals surface area contributed by atoms with E-state index >= 15 is 0 Å². The lowest BCUT2D eigenvalue weighted by Gasteiger charge is -2.46. The normalized spacial score (nSPS) is 23.7. The van der Waals surface area contributed by atoms with Crippen LogP contribution in [0.2, 0.25) is 0 Å². The van der Waals surface area contributed by atoms with Gasteiger partial charge in [0.1, 0.15) is 12.0 Å². The molecule has 0 bridgehead atoms. The van der Waals surface area contributed by atoms with Crippen molar-refractivity contribution in [3.63, 3.8) is 0 Å². The molecule has 7 heteroatoms. The molecule has 2 aliphatic rings. The first-order valence-corrected chi connectivity index (χ1v) is 11.1. The first-order chi connectivity index (χ1) is 12.7. The molecule has 1 aromatic rings. The highest BCUT2D eigenvalue weighted by molar-refractivity contribution is 7.89. The molecule has 1 atom stereocenters. The molecule has 2 aliphatic heterocycles. The average Bonchev–Trinajstić information content (AvgIpc) is 2.65. The monoisotopic (exact) mass is 394 g/mol. The van der Waals surface area contributed by atoms with Crippen molar-refractivity contribution in [2.45, 2.75) is 44.6 Å². The van der Waals surface area contributed by atoms with Gasteiger partial charge in [0.2, 0.25) is 10.0 Å². The number of fused-ring (bicyclic) bond motifs is 1. The van der Waals surface area contributed by atoms with E-state index in [1.807, 2.05) is 25.2 Å². The van der Waals surface area contributed by atoms with Crippen molar-refractivity contribution in [3.05, 3.63) is 23.8 Å². The van der Waals surface area contributed by atoms with E-state index in [4.69, 9.17) is 4.74 Å². The van der Waals surface area contributed by atoms with E-state index in [1.165, 1.54) is 0 Å². The molecular formula is C20H30N2O4S. The summed E-state index contributed by atoms with van der Waals surface area (Å²) in [7, 11) is 0.315. The average molecular weight is 395 g/mol. The van der Waals surface area contributed by atoms with E-state index in [2.05, 4.69) is 18.7 Å². The molecule has 0 spiro atoms. The van der Waals surface area contributed by atoms with Gasteiger partial charge in [-0.05, 0) is 44.7 Å². The summed E-state index contributed by atoms with van der Waals surface area (Å²) in [6, 6.07) is 5.89. The van der Waals surface area contributed by atoms with Crippen LogP contribution >= 0.6 is 0 Å². The molecule has 150 valence electrons. The summed E-state index contributed by atoms with van der Waals surface area (Å²) < 4.78 is 33.1. The summed E-state index contributed by atoms with van der Waals surface area (Å²) >= 11 is 0. The number of nitrogens with zero attached hydrogens (tertiary/aromatic N) is 2. The number of rotatable bonds is 5. The Kier molecular flexibility index (Phi) is 5.54. The number of benzene rings is 1. The van der Waals surface area contributed by atoms with Crippen molar-refractivity contribution in [3.8, 4) is 5.75 Å². The zero-order valence-electron chi connectivity index (χ0n) is 16.6. The third kappa shape index (κ3) is 3.99. The molecule has 0 aliphatic carbocycles. The van der Waals surface area contributed by atoms with Crippen LogP contribution in [0.15, 0.2) is 18.2 Å². The van der Waals surface area contributed by atoms with Gasteiger partial charge in [0.25, 0.3) is 0 Å². The second kappa shape index (κ2) is 7.43. The van der Waals surface area contributed by atoms with Gasteiger partial charge in [-0.3, -0.25) is 0 Å². The maximum atomic E-state index is 13.1. The quantitative estimate of drug-likeness (QED) is 0.718. The van der Waals surface area contributed by atoms with Gasteiger partial charge >= 0.3 is 0 Å². The van der Waals surface area contributed by atoms with E-state index in [0.29, 0.717) is 25.9 Å². The Balaban J connectivity index is 1.86. The van der Waals surface area contributed by atoms with E-state index < -0.39 is 10.0 Å². The number of methoxy groups -OCH3 is 1. The Morgan fingerprint density at radius 3 is 2.52 bits per heavy atom.